The summed E-state index contributed by atoms with van der Waals surface area (Å²) >= 11 is 0. The molecule has 1 aliphatic heterocycles. The van der Waals surface area contributed by atoms with Gasteiger partial charge in [-0.1, -0.05) is 24.3 Å². The van der Waals surface area contributed by atoms with Crippen molar-refractivity contribution in [3.8, 4) is 0 Å². The van der Waals surface area contributed by atoms with Crippen molar-refractivity contribution in [2.75, 3.05) is 13.1 Å². The number of nitrogens with zero attached hydrogens (tertiary/aromatic N) is 1. The lowest BCUT2D eigenvalue weighted by Gasteiger charge is -2.19. The maximum absolute atomic E-state index is 12.0. The highest BCUT2D eigenvalue weighted by Gasteiger charge is 2.39. The largest absolute Gasteiger partial charge is 0.392 e. The van der Waals surface area contributed by atoms with Gasteiger partial charge in [0.05, 0.1) is 6.61 Å². The van der Waals surface area contributed by atoms with Gasteiger partial charge >= 0.3 is 6.03 Å². The first-order valence-corrected chi connectivity index (χ1v) is 8.64. The Morgan fingerprint density at radius 1 is 1.26 bits per heavy atom. The van der Waals surface area contributed by atoms with E-state index in [9.17, 15) is 4.79 Å². The van der Waals surface area contributed by atoms with Crippen LogP contribution in [-0.4, -0.2) is 47.3 Å². The van der Waals surface area contributed by atoms with E-state index < -0.39 is 0 Å². The molecular formula is C18H27N3O2. The van der Waals surface area contributed by atoms with E-state index in [-0.39, 0.29) is 18.7 Å². The molecule has 0 radical (unpaired) electrons. The van der Waals surface area contributed by atoms with Crippen molar-refractivity contribution >= 4 is 6.03 Å². The van der Waals surface area contributed by atoms with E-state index in [1.807, 2.05) is 24.3 Å². The molecule has 0 aromatic heterocycles. The van der Waals surface area contributed by atoms with Crippen molar-refractivity contribution < 1.29 is 9.90 Å². The molecule has 5 heteroatoms. The van der Waals surface area contributed by atoms with Crippen LogP contribution < -0.4 is 10.6 Å². The Balaban J connectivity index is 1.36. The van der Waals surface area contributed by atoms with E-state index in [1.54, 1.807) is 0 Å². The molecule has 1 aromatic rings. The van der Waals surface area contributed by atoms with Crippen LogP contribution in [0.1, 0.15) is 37.3 Å². The fourth-order valence-corrected chi connectivity index (χ4v) is 3.44. The highest BCUT2D eigenvalue weighted by molar-refractivity contribution is 5.74. The molecule has 2 fully saturated rings. The Labute approximate surface area is 138 Å². The van der Waals surface area contributed by atoms with Gasteiger partial charge in [-0.05, 0) is 43.7 Å². The zero-order chi connectivity index (χ0) is 16.2. The molecule has 2 atom stereocenters. The number of rotatable bonds is 6. The third kappa shape index (κ3) is 4.45. The van der Waals surface area contributed by atoms with Crippen LogP contribution in [0.3, 0.4) is 0 Å². The highest BCUT2D eigenvalue weighted by atomic mass is 16.3. The number of carbonyl (C=O) groups is 1. The van der Waals surface area contributed by atoms with Crippen molar-refractivity contribution in [2.45, 2.75) is 57.3 Å². The molecule has 2 unspecified atom stereocenters. The van der Waals surface area contributed by atoms with E-state index in [1.165, 1.54) is 12.8 Å². The number of hydrogen-bond acceptors (Lipinski definition) is 3. The fraction of sp³-hybridized carbons (Fsp3) is 0.611. The summed E-state index contributed by atoms with van der Waals surface area (Å²) in [6.45, 7) is 3.94. The lowest BCUT2D eigenvalue weighted by atomic mass is 10.1. The molecule has 126 valence electrons. The van der Waals surface area contributed by atoms with E-state index in [4.69, 9.17) is 5.11 Å². The summed E-state index contributed by atoms with van der Waals surface area (Å²) in [6.07, 6.45) is 4.48. The number of aliphatic hydroxyl groups is 1. The second-order valence-corrected chi connectivity index (χ2v) is 6.83. The van der Waals surface area contributed by atoms with Crippen LogP contribution >= 0.6 is 0 Å². The zero-order valence-electron chi connectivity index (χ0n) is 13.8. The van der Waals surface area contributed by atoms with Crippen LogP contribution in [0.2, 0.25) is 0 Å². The molecule has 3 rings (SSSR count). The summed E-state index contributed by atoms with van der Waals surface area (Å²) in [5, 5.41) is 15.1. The normalized spacial score (nSPS) is 24.6. The first kappa shape index (κ1) is 16.3. The summed E-state index contributed by atoms with van der Waals surface area (Å²) in [6, 6.07) is 9.39. The number of carbonyl (C=O) groups excluding carboxylic acids is 1. The van der Waals surface area contributed by atoms with Gasteiger partial charge in [-0.2, -0.15) is 0 Å². The molecular weight excluding hydrogens is 290 g/mol. The first-order valence-electron chi connectivity index (χ1n) is 8.64. The maximum Gasteiger partial charge on any atom is 0.315 e. The monoisotopic (exact) mass is 317 g/mol. The number of likely N-dealkylation sites (tertiary alicyclic amines) is 1. The fourth-order valence-electron chi connectivity index (χ4n) is 3.44. The Morgan fingerprint density at radius 3 is 2.61 bits per heavy atom. The van der Waals surface area contributed by atoms with Crippen LogP contribution in [-0.2, 0) is 13.0 Å². The Bertz CT molecular complexity index is 528. The molecule has 0 spiro atoms. The first-order chi connectivity index (χ1) is 11.2. The second-order valence-electron chi connectivity index (χ2n) is 6.83. The molecule has 23 heavy (non-hydrogen) atoms. The minimum absolute atomic E-state index is 0.0631. The zero-order valence-corrected chi connectivity index (χ0v) is 13.8. The Kier molecular flexibility index (Phi) is 5.18. The van der Waals surface area contributed by atoms with Gasteiger partial charge in [-0.15, -0.1) is 0 Å². The van der Waals surface area contributed by atoms with Gasteiger partial charge in [0.25, 0.3) is 0 Å². The van der Waals surface area contributed by atoms with Crippen LogP contribution in [0.25, 0.3) is 0 Å². The minimum atomic E-state index is -0.0631. The average molecular weight is 317 g/mol. The van der Waals surface area contributed by atoms with Gasteiger partial charge in [0.15, 0.2) is 0 Å². The highest BCUT2D eigenvalue weighted by Crippen LogP contribution is 2.33. The summed E-state index contributed by atoms with van der Waals surface area (Å²) in [4.78, 5) is 14.6. The summed E-state index contributed by atoms with van der Waals surface area (Å²) in [5.41, 5.74) is 2.08. The molecule has 5 nitrogen and oxygen atoms in total. The molecule has 1 saturated heterocycles. The van der Waals surface area contributed by atoms with E-state index in [2.05, 4.69) is 22.5 Å². The molecule has 3 N–H and O–H groups in total. The van der Waals surface area contributed by atoms with Gasteiger partial charge in [-0.25, -0.2) is 4.79 Å². The Hall–Kier alpha value is -1.59. The van der Waals surface area contributed by atoms with Crippen LogP contribution in [0.15, 0.2) is 24.3 Å². The van der Waals surface area contributed by atoms with Crippen molar-refractivity contribution in [3.63, 3.8) is 0 Å². The van der Waals surface area contributed by atoms with Gasteiger partial charge in [0, 0.05) is 31.2 Å². The molecule has 1 heterocycles. The number of amides is 2. The molecule has 1 aliphatic carbocycles. The van der Waals surface area contributed by atoms with Crippen molar-refractivity contribution in [2.24, 2.45) is 0 Å². The topological polar surface area (TPSA) is 64.6 Å². The second kappa shape index (κ2) is 7.32. The quantitative estimate of drug-likeness (QED) is 0.747. The van der Waals surface area contributed by atoms with Gasteiger partial charge in [0.2, 0.25) is 0 Å². The summed E-state index contributed by atoms with van der Waals surface area (Å²) in [7, 11) is 0. The predicted octanol–water partition coefficient (Wildman–Crippen LogP) is 1.65. The molecule has 2 amide bonds. The maximum atomic E-state index is 12.0. The molecule has 0 bridgehead atoms. The number of hydrogen-bond donors (Lipinski definition) is 3. The SMILES string of the molecule is CC1CC(NC(=O)NCCc2ccc(CO)cc2)CN1C1CC1. The smallest absolute Gasteiger partial charge is 0.315 e. The molecule has 1 aromatic carbocycles. The number of aliphatic hydroxyl groups excluding tert-OH is 1. The van der Waals surface area contributed by atoms with Crippen LogP contribution in [0.4, 0.5) is 4.79 Å². The van der Waals surface area contributed by atoms with Gasteiger partial charge in [0.1, 0.15) is 0 Å². The average Bonchev–Trinajstić information content (AvgIpc) is 3.32. The van der Waals surface area contributed by atoms with Crippen molar-refractivity contribution in [3.05, 3.63) is 35.4 Å². The standard InChI is InChI=1S/C18H27N3O2/c1-13-10-16(11-21(13)17-6-7-17)20-18(23)19-9-8-14-2-4-15(12-22)5-3-14/h2-5,13,16-17,22H,6-12H2,1H3,(H2,19,20,23). The van der Waals surface area contributed by atoms with E-state index in [0.717, 1.165) is 36.6 Å². The van der Waals surface area contributed by atoms with Gasteiger partial charge in [-0.3, -0.25) is 4.90 Å². The van der Waals surface area contributed by atoms with E-state index in [0.29, 0.717) is 12.6 Å². The van der Waals surface area contributed by atoms with Crippen LogP contribution in [0.5, 0.6) is 0 Å². The summed E-state index contributed by atoms with van der Waals surface area (Å²) < 4.78 is 0. The summed E-state index contributed by atoms with van der Waals surface area (Å²) in [5.74, 6) is 0. The van der Waals surface area contributed by atoms with Gasteiger partial charge < -0.3 is 15.7 Å². The molecule has 2 aliphatic rings. The minimum Gasteiger partial charge on any atom is -0.392 e. The lowest BCUT2D eigenvalue weighted by Crippen LogP contribution is -2.44. The predicted molar refractivity (Wildman–Crippen MR) is 90.2 cm³/mol. The number of benzene rings is 1. The van der Waals surface area contributed by atoms with Crippen LogP contribution in [0, 0.1) is 0 Å². The van der Waals surface area contributed by atoms with E-state index >= 15 is 0 Å². The third-order valence-electron chi connectivity index (χ3n) is 4.88. The Morgan fingerprint density at radius 2 is 1.96 bits per heavy atom. The lowest BCUT2D eigenvalue weighted by molar-refractivity contribution is 0.234. The number of urea groups is 1. The molecule has 1 saturated carbocycles. The van der Waals surface area contributed by atoms with Crippen molar-refractivity contribution in [1.29, 1.82) is 0 Å². The third-order valence-corrected chi connectivity index (χ3v) is 4.88. The van der Waals surface area contributed by atoms with Crippen molar-refractivity contribution in [1.82, 2.24) is 15.5 Å². The number of nitrogens with one attached hydrogen (secondary N) is 2.